The van der Waals surface area contributed by atoms with Gasteiger partial charge in [0.1, 0.15) is 0 Å². The Bertz CT molecular complexity index is 195. The van der Waals surface area contributed by atoms with E-state index in [1.807, 2.05) is 0 Å². The van der Waals surface area contributed by atoms with E-state index in [-0.39, 0.29) is 12.7 Å². The molecule has 1 rings (SSSR count). The molecule has 1 unspecified atom stereocenters. The molecular weight excluding hydrogens is 211 g/mol. The minimum Gasteiger partial charge on any atom is -0.302 e. The molecule has 0 bridgehead atoms. The predicted octanol–water partition coefficient (Wildman–Crippen LogP) is 1.99. The van der Waals surface area contributed by atoms with Crippen LogP contribution < -0.4 is 0 Å². The third-order valence-electron chi connectivity index (χ3n) is 1.89. The summed E-state index contributed by atoms with van der Waals surface area (Å²) < 4.78 is 20.8. The monoisotopic (exact) mass is 226 g/mol. The standard InChI is InChI=1S/C7H15O4PS/c8-12(9,10-5-2-6-13)11-7-3-1-4-7/h7,13H,1-6H2,(H,8,9). The summed E-state index contributed by atoms with van der Waals surface area (Å²) in [5.41, 5.74) is 0. The molecule has 0 aromatic heterocycles. The smallest absolute Gasteiger partial charge is 0.302 e. The maximum atomic E-state index is 11.2. The second-order valence-electron chi connectivity index (χ2n) is 3.04. The quantitative estimate of drug-likeness (QED) is 0.413. The van der Waals surface area contributed by atoms with Crippen molar-refractivity contribution in [3.05, 3.63) is 0 Å². The van der Waals surface area contributed by atoms with E-state index < -0.39 is 7.82 Å². The van der Waals surface area contributed by atoms with Crippen molar-refractivity contribution in [1.82, 2.24) is 0 Å². The Morgan fingerprint density at radius 2 is 2.23 bits per heavy atom. The van der Waals surface area contributed by atoms with Gasteiger partial charge in [-0.15, -0.1) is 0 Å². The lowest BCUT2D eigenvalue weighted by molar-refractivity contribution is 0.0609. The molecule has 0 radical (unpaired) electrons. The van der Waals surface area contributed by atoms with Crippen LogP contribution in [0.3, 0.4) is 0 Å². The Morgan fingerprint density at radius 3 is 2.69 bits per heavy atom. The van der Waals surface area contributed by atoms with Crippen molar-refractivity contribution in [2.45, 2.75) is 31.8 Å². The first kappa shape index (κ1) is 11.5. The second kappa shape index (κ2) is 5.37. The van der Waals surface area contributed by atoms with E-state index in [0.29, 0.717) is 12.2 Å². The topological polar surface area (TPSA) is 55.8 Å². The average Bonchev–Trinajstić information content (AvgIpc) is 1.98. The van der Waals surface area contributed by atoms with Gasteiger partial charge in [-0.25, -0.2) is 4.57 Å². The zero-order valence-corrected chi connectivity index (χ0v) is 9.18. The van der Waals surface area contributed by atoms with E-state index in [0.717, 1.165) is 19.3 Å². The molecule has 1 atom stereocenters. The zero-order valence-electron chi connectivity index (χ0n) is 7.39. The molecule has 4 nitrogen and oxygen atoms in total. The van der Waals surface area contributed by atoms with Crippen LogP contribution in [-0.4, -0.2) is 23.4 Å². The minimum atomic E-state index is -3.78. The number of phosphoric acid groups is 1. The molecule has 0 aromatic carbocycles. The van der Waals surface area contributed by atoms with Gasteiger partial charge in [0, 0.05) is 0 Å². The van der Waals surface area contributed by atoms with Crippen molar-refractivity contribution in [3.63, 3.8) is 0 Å². The predicted molar refractivity (Wildman–Crippen MR) is 53.0 cm³/mol. The van der Waals surface area contributed by atoms with E-state index in [4.69, 9.17) is 13.9 Å². The average molecular weight is 226 g/mol. The Morgan fingerprint density at radius 1 is 1.54 bits per heavy atom. The molecule has 13 heavy (non-hydrogen) atoms. The van der Waals surface area contributed by atoms with Gasteiger partial charge in [0.15, 0.2) is 0 Å². The van der Waals surface area contributed by atoms with Crippen molar-refractivity contribution in [3.8, 4) is 0 Å². The van der Waals surface area contributed by atoms with Crippen LogP contribution in [0.5, 0.6) is 0 Å². The lowest BCUT2D eigenvalue weighted by Crippen LogP contribution is -2.20. The van der Waals surface area contributed by atoms with Crippen molar-refractivity contribution in [2.24, 2.45) is 0 Å². The molecule has 0 amide bonds. The number of thiol groups is 1. The normalized spacial score (nSPS) is 22.3. The number of rotatable bonds is 6. The van der Waals surface area contributed by atoms with Crippen molar-refractivity contribution >= 4 is 20.5 Å². The molecule has 1 saturated carbocycles. The summed E-state index contributed by atoms with van der Waals surface area (Å²) in [6, 6.07) is 0. The summed E-state index contributed by atoms with van der Waals surface area (Å²) in [6.07, 6.45) is 3.37. The molecule has 0 aliphatic heterocycles. The SMILES string of the molecule is O=P(O)(OCCCS)OC1CCC1. The summed E-state index contributed by atoms with van der Waals surface area (Å²) in [5.74, 6) is 0.642. The minimum absolute atomic E-state index is 0.0770. The highest BCUT2D eigenvalue weighted by molar-refractivity contribution is 7.80. The van der Waals surface area contributed by atoms with E-state index in [2.05, 4.69) is 12.6 Å². The Kier molecular flexibility index (Phi) is 4.76. The van der Waals surface area contributed by atoms with E-state index >= 15 is 0 Å². The Hall–Kier alpha value is 0.460. The lowest BCUT2D eigenvalue weighted by atomic mass is 9.97. The van der Waals surface area contributed by atoms with Crippen molar-refractivity contribution < 1.29 is 18.5 Å². The summed E-state index contributed by atoms with van der Waals surface area (Å²) in [4.78, 5) is 9.16. The largest absolute Gasteiger partial charge is 0.472 e. The van der Waals surface area contributed by atoms with Crippen molar-refractivity contribution in [2.75, 3.05) is 12.4 Å². The number of hydrogen-bond acceptors (Lipinski definition) is 4. The van der Waals surface area contributed by atoms with Crippen LogP contribution in [0.2, 0.25) is 0 Å². The second-order valence-corrected chi connectivity index (χ2v) is 4.89. The molecule has 78 valence electrons. The van der Waals surface area contributed by atoms with E-state index in [1.54, 1.807) is 0 Å². The van der Waals surface area contributed by atoms with Crippen LogP contribution in [0.15, 0.2) is 0 Å². The van der Waals surface area contributed by atoms with Gasteiger partial charge in [0.05, 0.1) is 12.7 Å². The lowest BCUT2D eigenvalue weighted by Gasteiger charge is -2.26. The fourth-order valence-corrected chi connectivity index (χ4v) is 2.08. The zero-order chi connectivity index (χ0) is 9.73. The molecular formula is C7H15O4PS. The third-order valence-corrected chi connectivity index (χ3v) is 3.28. The number of phosphoric ester groups is 1. The molecule has 0 spiro atoms. The molecule has 0 heterocycles. The van der Waals surface area contributed by atoms with Gasteiger partial charge < -0.3 is 4.89 Å². The van der Waals surface area contributed by atoms with Crippen LogP contribution >= 0.6 is 20.5 Å². The maximum Gasteiger partial charge on any atom is 0.472 e. The first-order valence-electron chi connectivity index (χ1n) is 4.40. The first-order chi connectivity index (χ1) is 6.14. The summed E-state index contributed by atoms with van der Waals surface area (Å²) in [6.45, 7) is 0.226. The fraction of sp³-hybridized carbons (Fsp3) is 1.00. The van der Waals surface area contributed by atoms with Crippen LogP contribution in [-0.2, 0) is 13.6 Å². The van der Waals surface area contributed by atoms with Crippen LogP contribution in [0.1, 0.15) is 25.7 Å². The molecule has 1 N–H and O–H groups in total. The molecule has 0 aromatic rings. The summed E-state index contributed by atoms with van der Waals surface area (Å²) in [7, 11) is -3.78. The molecule has 6 heteroatoms. The molecule has 1 aliphatic carbocycles. The van der Waals surface area contributed by atoms with Gasteiger partial charge >= 0.3 is 7.82 Å². The van der Waals surface area contributed by atoms with E-state index in [9.17, 15) is 4.57 Å². The van der Waals surface area contributed by atoms with Gasteiger partial charge in [-0.05, 0) is 31.4 Å². The van der Waals surface area contributed by atoms with Crippen LogP contribution in [0.4, 0.5) is 0 Å². The summed E-state index contributed by atoms with van der Waals surface area (Å²) >= 11 is 3.96. The highest BCUT2D eigenvalue weighted by Gasteiger charge is 2.29. The molecule has 1 fully saturated rings. The summed E-state index contributed by atoms with van der Waals surface area (Å²) in [5, 5.41) is 0. The molecule has 0 saturated heterocycles. The highest BCUT2D eigenvalue weighted by Crippen LogP contribution is 2.47. The van der Waals surface area contributed by atoms with Gasteiger partial charge in [-0.2, -0.15) is 12.6 Å². The Balaban J connectivity index is 2.15. The highest BCUT2D eigenvalue weighted by atomic mass is 32.1. The van der Waals surface area contributed by atoms with Crippen LogP contribution in [0, 0.1) is 0 Å². The van der Waals surface area contributed by atoms with Gasteiger partial charge in [-0.3, -0.25) is 9.05 Å². The first-order valence-corrected chi connectivity index (χ1v) is 6.53. The van der Waals surface area contributed by atoms with Gasteiger partial charge in [0.2, 0.25) is 0 Å². The fourth-order valence-electron chi connectivity index (χ4n) is 0.939. The van der Waals surface area contributed by atoms with Crippen LogP contribution in [0.25, 0.3) is 0 Å². The van der Waals surface area contributed by atoms with Crippen molar-refractivity contribution in [1.29, 1.82) is 0 Å². The maximum absolute atomic E-state index is 11.2. The van der Waals surface area contributed by atoms with Gasteiger partial charge in [-0.1, -0.05) is 0 Å². The third kappa shape index (κ3) is 4.47. The molecule has 1 aliphatic rings. The number of hydrogen-bond donors (Lipinski definition) is 2. The Labute approximate surface area is 83.6 Å². The van der Waals surface area contributed by atoms with E-state index in [1.165, 1.54) is 0 Å². The van der Waals surface area contributed by atoms with Gasteiger partial charge in [0.25, 0.3) is 0 Å².